The Morgan fingerprint density at radius 1 is 0.400 bits per heavy atom. The van der Waals surface area contributed by atoms with E-state index in [0.29, 0.717) is 0 Å². The first-order valence-electron chi connectivity index (χ1n) is 16.5. The van der Waals surface area contributed by atoms with E-state index in [1.165, 1.54) is 121 Å². The summed E-state index contributed by atoms with van der Waals surface area (Å²) in [5.74, 6) is 0. The van der Waals surface area contributed by atoms with E-state index < -0.39 is 5.41 Å². The van der Waals surface area contributed by atoms with E-state index >= 15 is 0 Å². The molecule has 0 saturated heterocycles. The Morgan fingerprint density at radius 3 is 1.22 bits per heavy atom. The normalized spacial score (nSPS) is 14.9. The van der Waals surface area contributed by atoms with Gasteiger partial charge in [-0.2, -0.15) is 0 Å². The molecule has 0 atom stereocenters. The van der Waals surface area contributed by atoms with Crippen LogP contribution in [0.1, 0.15) is 91.7 Å². The highest BCUT2D eigenvalue weighted by molar-refractivity contribution is 6.26. The summed E-state index contributed by atoms with van der Waals surface area (Å²) in [4.78, 5) is 0. The molecule has 222 valence electrons. The van der Waals surface area contributed by atoms with E-state index in [0.717, 1.165) is 0 Å². The predicted molar refractivity (Wildman–Crippen MR) is 197 cm³/mol. The van der Waals surface area contributed by atoms with Gasteiger partial charge in [-0.15, -0.1) is 0 Å². The van der Waals surface area contributed by atoms with E-state index in [1.54, 1.807) is 0 Å². The Hall–Kier alpha value is -4.42. The zero-order chi connectivity index (χ0) is 31.7. The zero-order valence-electron chi connectivity index (χ0n) is 28.4. The summed E-state index contributed by atoms with van der Waals surface area (Å²) in [5.41, 5.74) is 22.3. The standard InChI is InChI=1S/C45H42/c1-23-25(3)31(9)43-41(27(23)5)29(7)30(8)42-28(6)24(2)26(4)32(10)44(42)45(43)20-19-33-21-38-36-17-13-11-15-34(36)35-16-12-14-18-37(35)39(38)22-40(33)45/h11-22H,1-10H3. The molecule has 8 rings (SSSR count). The summed E-state index contributed by atoms with van der Waals surface area (Å²) in [6.45, 7) is 23.5. The lowest BCUT2D eigenvalue weighted by Gasteiger charge is -2.38. The maximum atomic E-state index is 2.58. The van der Waals surface area contributed by atoms with Crippen molar-refractivity contribution in [3.8, 4) is 0 Å². The quantitative estimate of drug-likeness (QED) is 0.156. The van der Waals surface area contributed by atoms with Gasteiger partial charge in [-0.3, -0.25) is 0 Å². The lowest BCUT2D eigenvalue weighted by Crippen LogP contribution is -2.31. The summed E-state index contributed by atoms with van der Waals surface area (Å²) in [6, 6.07) is 23.0. The third-order valence-corrected chi connectivity index (χ3v) is 12.3. The molecular formula is C45H42. The van der Waals surface area contributed by atoms with Gasteiger partial charge in [0.15, 0.2) is 0 Å². The van der Waals surface area contributed by atoms with Gasteiger partial charge in [-0.1, -0.05) is 60.7 Å². The lowest BCUT2D eigenvalue weighted by atomic mass is 9.63. The van der Waals surface area contributed by atoms with Crippen LogP contribution in [0.5, 0.6) is 0 Å². The van der Waals surface area contributed by atoms with E-state index in [4.69, 9.17) is 0 Å². The highest BCUT2D eigenvalue weighted by Crippen LogP contribution is 2.58. The molecule has 0 aromatic heterocycles. The van der Waals surface area contributed by atoms with Crippen LogP contribution in [0.2, 0.25) is 0 Å². The van der Waals surface area contributed by atoms with Crippen molar-refractivity contribution in [1.29, 1.82) is 0 Å². The second-order valence-corrected chi connectivity index (χ2v) is 14.0. The second-order valence-electron chi connectivity index (χ2n) is 14.0. The maximum absolute atomic E-state index is 2.58. The average Bonchev–Trinajstić information content (AvgIpc) is 3.39. The number of hydrogen-bond donors (Lipinski definition) is 0. The van der Waals surface area contributed by atoms with Gasteiger partial charge < -0.3 is 0 Å². The van der Waals surface area contributed by atoms with Gasteiger partial charge in [0.05, 0.1) is 5.41 Å². The zero-order valence-corrected chi connectivity index (χ0v) is 28.4. The Kier molecular flexibility index (Phi) is 5.80. The number of rotatable bonds is 0. The van der Waals surface area contributed by atoms with Crippen molar-refractivity contribution in [2.45, 2.75) is 74.7 Å². The van der Waals surface area contributed by atoms with Crippen molar-refractivity contribution >= 4 is 49.5 Å². The molecule has 2 aliphatic carbocycles. The monoisotopic (exact) mass is 582 g/mol. The highest BCUT2D eigenvalue weighted by Gasteiger charge is 2.47. The second kappa shape index (κ2) is 9.30. The van der Waals surface area contributed by atoms with Crippen molar-refractivity contribution in [2.75, 3.05) is 0 Å². The van der Waals surface area contributed by atoms with Gasteiger partial charge in [0.25, 0.3) is 0 Å². The summed E-state index contributed by atoms with van der Waals surface area (Å²) >= 11 is 0. The SMILES string of the molecule is CC1=C(C)c2c(C)c(C)c(C)c(C)c2C2(C=Cc3cc4c5ccccc5c5ccccc5c4cc32)c2c(C)c(C)c(C)c(C)c21. The van der Waals surface area contributed by atoms with Crippen LogP contribution in [0.15, 0.2) is 66.7 Å². The molecule has 0 N–H and O–H groups in total. The van der Waals surface area contributed by atoms with E-state index in [-0.39, 0.29) is 0 Å². The largest absolute Gasteiger partial charge is 0.0658 e. The highest BCUT2D eigenvalue weighted by atomic mass is 14.5. The predicted octanol–water partition coefficient (Wildman–Crippen LogP) is 12.2. The van der Waals surface area contributed by atoms with Crippen molar-refractivity contribution in [3.05, 3.63) is 145 Å². The van der Waals surface area contributed by atoms with Crippen LogP contribution < -0.4 is 0 Å². The molecule has 1 spiro atoms. The number of benzene rings is 6. The Labute approximate surface area is 268 Å². The third-order valence-electron chi connectivity index (χ3n) is 12.3. The molecule has 0 bridgehead atoms. The van der Waals surface area contributed by atoms with Crippen LogP contribution in [0.4, 0.5) is 0 Å². The molecule has 0 heteroatoms. The van der Waals surface area contributed by atoms with E-state index in [9.17, 15) is 0 Å². The lowest BCUT2D eigenvalue weighted by molar-refractivity contribution is 0.767. The van der Waals surface area contributed by atoms with Gasteiger partial charge in [0.1, 0.15) is 0 Å². The molecule has 0 unspecified atom stereocenters. The van der Waals surface area contributed by atoms with Crippen LogP contribution in [0, 0.1) is 55.4 Å². The Bertz CT molecular complexity index is 2320. The summed E-state index contributed by atoms with van der Waals surface area (Å²) in [7, 11) is 0. The topological polar surface area (TPSA) is 0 Å². The minimum absolute atomic E-state index is 0.402. The van der Waals surface area contributed by atoms with E-state index in [2.05, 4.69) is 142 Å². The molecule has 0 radical (unpaired) electrons. The molecule has 6 aromatic carbocycles. The smallest absolute Gasteiger partial charge is 0.0645 e. The first-order chi connectivity index (χ1) is 21.5. The number of fused-ring (bicyclic) bond motifs is 12. The minimum atomic E-state index is -0.402. The molecule has 0 aliphatic heterocycles. The molecule has 2 aliphatic rings. The van der Waals surface area contributed by atoms with Crippen molar-refractivity contribution in [3.63, 3.8) is 0 Å². The Balaban J connectivity index is 1.65. The van der Waals surface area contributed by atoms with Crippen LogP contribution in [-0.2, 0) is 5.41 Å². The minimum Gasteiger partial charge on any atom is -0.0645 e. The maximum Gasteiger partial charge on any atom is 0.0658 e. The molecule has 0 saturated carbocycles. The van der Waals surface area contributed by atoms with Crippen LogP contribution in [-0.4, -0.2) is 0 Å². The van der Waals surface area contributed by atoms with Crippen molar-refractivity contribution in [2.24, 2.45) is 0 Å². The summed E-state index contributed by atoms with van der Waals surface area (Å²) < 4.78 is 0. The molecule has 0 amide bonds. The van der Waals surface area contributed by atoms with Gasteiger partial charge in [-0.25, -0.2) is 0 Å². The average molecular weight is 583 g/mol. The van der Waals surface area contributed by atoms with Gasteiger partial charge in [0, 0.05) is 0 Å². The Morgan fingerprint density at radius 2 is 0.778 bits per heavy atom. The van der Waals surface area contributed by atoms with Crippen molar-refractivity contribution in [1.82, 2.24) is 0 Å². The van der Waals surface area contributed by atoms with Gasteiger partial charge in [-0.05, 0) is 203 Å². The molecular weight excluding hydrogens is 540 g/mol. The van der Waals surface area contributed by atoms with Crippen molar-refractivity contribution < 1.29 is 0 Å². The number of hydrogen-bond acceptors (Lipinski definition) is 0. The molecule has 0 heterocycles. The molecule has 0 fully saturated rings. The van der Waals surface area contributed by atoms with Gasteiger partial charge in [0.2, 0.25) is 0 Å². The fourth-order valence-corrected chi connectivity index (χ4v) is 9.24. The number of allylic oxidation sites excluding steroid dienone is 3. The summed E-state index contributed by atoms with van der Waals surface area (Å²) in [6.07, 6.45) is 5.02. The van der Waals surface area contributed by atoms with Gasteiger partial charge >= 0.3 is 0 Å². The summed E-state index contributed by atoms with van der Waals surface area (Å²) in [5, 5.41) is 7.99. The third kappa shape index (κ3) is 3.33. The van der Waals surface area contributed by atoms with Crippen LogP contribution in [0.25, 0.3) is 49.5 Å². The molecule has 6 aromatic rings. The molecule has 45 heavy (non-hydrogen) atoms. The van der Waals surface area contributed by atoms with Crippen LogP contribution in [0.3, 0.4) is 0 Å². The fraction of sp³-hybridized carbons (Fsp3) is 0.244. The fourth-order valence-electron chi connectivity index (χ4n) is 9.24. The van der Waals surface area contributed by atoms with Crippen LogP contribution >= 0.6 is 0 Å². The van der Waals surface area contributed by atoms with E-state index in [1.807, 2.05) is 0 Å². The first kappa shape index (κ1) is 28.1. The molecule has 0 nitrogen and oxygen atoms in total. The first-order valence-corrected chi connectivity index (χ1v) is 16.5.